The van der Waals surface area contributed by atoms with Crippen LogP contribution in [0.25, 0.3) is 0 Å². The first-order valence-electron chi connectivity index (χ1n) is 15.2. The number of rotatable bonds is 12. The van der Waals surface area contributed by atoms with Crippen LogP contribution in [0.5, 0.6) is 0 Å². The van der Waals surface area contributed by atoms with Crippen LogP contribution in [-0.4, -0.2) is 43.8 Å². The number of benzene rings is 4. The Morgan fingerprint density at radius 2 is 1.48 bits per heavy atom. The molecule has 0 aromatic heterocycles. The molecule has 7 nitrogen and oxygen atoms in total. The lowest BCUT2D eigenvalue weighted by atomic mass is 10.0. The van der Waals surface area contributed by atoms with E-state index in [0.29, 0.717) is 15.9 Å². The maximum absolute atomic E-state index is 14.5. The highest BCUT2D eigenvalue weighted by atomic mass is 35.5. The second-order valence-corrected chi connectivity index (χ2v) is 14.1. The highest BCUT2D eigenvalue weighted by Gasteiger charge is 2.37. The predicted octanol–water partition coefficient (Wildman–Crippen LogP) is 7.34. The molecule has 0 saturated heterocycles. The summed E-state index contributed by atoms with van der Waals surface area (Å²) in [5.41, 5.74) is 1.41. The molecule has 1 unspecified atom stereocenters. The third-order valence-electron chi connectivity index (χ3n) is 7.57. The minimum atomic E-state index is -4.90. The molecule has 0 fully saturated rings. The Morgan fingerprint density at radius 3 is 2.08 bits per heavy atom. The van der Waals surface area contributed by atoms with Gasteiger partial charge < -0.3 is 10.2 Å². The minimum absolute atomic E-state index is 0.0730. The van der Waals surface area contributed by atoms with Gasteiger partial charge in [-0.15, -0.1) is 0 Å². The van der Waals surface area contributed by atoms with Crippen molar-refractivity contribution >= 4 is 39.1 Å². The summed E-state index contributed by atoms with van der Waals surface area (Å²) in [6.45, 7) is 6.21. The van der Waals surface area contributed by atoms with Gasteiger partial charge in [-0.3, -0.25) is 13.9 Å². The summed E-state index contributed by atoms with van der Waals surface area (Å²) in [7, 11) is -4.60. The van der Waals surface area contributed by atoms with Crippen LogP contribution in [0.3, 0.4) is 0 Å². The van der Waals surface area contributed by atoms with Gasteiger partial charge in [0.05, 0.1) is 21.2 Å². The number of hydrogen-bond donors (Lipinski definition) is 1. The highest BCUT2D eigenvalue weighted by molar-refractivity contribution is 7.92. The lowest BCUT2D eigenvalue weighted by molar-refractivity contribution is -0.140. The van der Waals surface area contributed by atoms with Crippen LogP contribution in [-0.2, 0) is 38.8 Å². The van der Waals surface area contributed by atoms with Crippen molar-refractivity contribution in [2.75, 3.05) is 10.8 Å². The first-order chi connectivity index (χ1) is 22.6. The van der Waals surface area contributed by atoms with Crippen molar-refractivity contribution in [3.05, 3.63) is 130 Å². The largest absolute Gasteiger partial charge is 0.417 e. The van der Waals surface area contributed by atoms with Gasteiger partial charge in [-0.05, 0) is 69.2 Å². The highest BCUT2D eigenvalue weighted by Crippen LogP contribution is 2.38. The second kappa shape index (κ2) is 15.3. The molecule has 4 aromatic carbocycles. The monoisotopic (exact) mass is 699 g/mol. The molecule has 4 aromatic rings. The van der Waals surface area contributed by atoms with Crippen molar-refractivity contribution in [1.29, 1.82) is 0 Å². The van der Waals surface area contributed by atoms with E-state index in [0.717, 1.165) is 28.8 Å². The molecule has 4 rings (SSSR count). The van der Waals surface area contributed by atoms with Crippen LogP contribution in [0.15, 0.2) is 102 Å². The van der Waals surface area contributed by atoms with Crippen LogP contribution in [0, 0.1) is 13.8 Å². The van der Waals surface area contributed by atoms with Crippen LogP contribution < -0.4 is 9.62 Å². The van der Waals surface area contributed by atoms with Gasteiger partial charge in [0.25, 0.3) is 10.0 Å². The van der Waals surface area contributed by atoms with Gasteiger partial charge in [0, 0.05) is 19.0 Å². The summed E-state index contributed by atoms with van der Waals surface area (Å²) in [4.78, 5) is 29.4. The lowest BCUT2D eigenvalue weighted by Gasteiger charge is -2.34. The fourth-order valence-corrected chi connectivity index (χ4v) is 6.82. The van der Waals surface area contributed by atoms with Crippen LogP contribution in [0.2, 0.25) is 5.02 Å². The van der Waals surface area contributed by atoms with Gasteiger partial charge in [-0.1, -0.05) is 89.5 Å². The molecule has 0 radical (unpaired) electrons. The third-order valence-corrected chi connectivity index (χ3v) is 9.69. The van der Waals surface area contributed by atoms with E-state index in [1.54, 1.807) is 57.2 Å². The van der Waals surface area contributed by atoms with Crippen molar-refractivity contribution in [2.24, 2.45) is 0 Å². The molecule has 254 valence electrons. The third kappa shape index (κ3) is 9.17. The predicted molar refractivity (Wildman–Crippen MR) is 181 cm³/mol. The maximum atomic E-state index is 14.5. The van der Waals surface area contributed by atoms with Gasteiger partial charge in [0.15, 0.2) is 0 Å². The van der Waals surface area contributed by atoms with Crippen molar-refractivity contribution in [3.63, 3.8) is 0 Å². The summed E-state index contributed by atoms with van der Waals surface area (Å²) in [6, 6.07) is 23.4. The van der Waals surface area contributed by atoms with E-state index in [1.807, 2.05) is 37.3 Å². The molecular weight excluding hydrogens is 663 g/mol. The summed E-state index contributed by atoms with van der Waals surface area (Å²) in [5, 5.41) is 2.24. The van der Waals surface area contributed by atoms with E-state index in [2.05, 4.69) is 5.32 Å². The summed E-state index contributed by atoms with van der Waals surface area (Å²) < 4.78 is 70.8. The minimum Gasteiger partial charge on any atom is -0.352 e. The molecule has 1 N–H and O–H groups in total. The molecule has 1 atom stereocenters. The Labute approximate surface area is 284 Å². The van der Waals surface area contributed by atoms with E-state index in [1.165, 1.54) is 17.0 Å². The van der Waals surface area contributed by atoms with Crippen molar-refractivity contribution in [1.82, 2.24) is 10.2 Å². The number of hydrogen-bond acceptors (Lipinski definition) is 4. The number of halogens is 4. The summed E-state index contributed by atoms with van der Waals surface area (Å²) in [5.74, 6) is -1.26. The van der Waals surface area contributed by atoms with Crippen LogP contribution in [0.4, 0.5) is 18.9 Å². The van der Waals surface area contributed by atoms with Gasteiger partial charge in [0.1, 0.15) is 12.6 Å². The number of sulfonamides is 1. The zero-order valence-electron chi connectivity index (χ0n) is 27.0. The summed E-state index contributed by atoms with van der Waals surface area (Å²) >= 11 is 5.88. The number of nitrogens with zero attached hydrogens (tertiary/aromatic N) is 2. The number of amides is 2. The number of carbonyl (C=O) groups is 2. The van der Waals surface area contributed by atoms with Crippen molar-refractivity contribution in [2.45, 2.75) is 63.8 Å². The molecule has 48 heavy (non-hydrogen) atoms. The zero-order chi connectivity index (χ0) is 35.2. The molecule has 0 aliphatic carbocycles. The van der Waals surface area contributed by atoms with Gasteiger partial charge in [-0.2, -0.15) is 13.2 Å². The van der Waals surface area contributed by atoms with Crippen molar-refractivity contribution < 1.29 is 31.2 Å². The van der Waals surface area contributed by atoms with E-state index in [-0.39, 0.29) is 23.9 Å². The molecule has 0 saturated carbocycles. The number of nitrogens with one attached hydrogen (secondary N) is 1. The van der Waals surface area contributed by atoms with Gasteiger partial charge in [-0.25, -0.2) is 8.42 Å². The Kier molecular flexibility index (Phi) is 11.6. The van der Waals surface area contributed by atoms with E-state index >= 15 is 0 Å². The molecular formula is C36H37ClF3N3O4S. The molecule has 0 aliphatic heterocycles. The molecule has 12 heteroatoms. The maximum Gasteiger partial charge on any atom is 0.417 e. The van der Waals surface area contributed by atoms with Crippen LogP contribution >= 0.6 is 11.6 Å². The fraction of sp³-hybridized carbons (Fsp3) is 0.278. The zero-order valence-corrected chi connectivity index (χ0v) is 28.5. The molecule has 2 amide bonds. The Bertz CT molecular complexity index is 1850. The molecule has 0 heterocycles. The van der Waals surface area contributed by atoms with Gasteiger partial charge in [0.2, 0.25) is 11.8 Å². The Hall–Kier alpha value is -4.35. The van der Waals surface area contributed by atoms with Gasteiger partial charge >= 0.3 is 6.18 Å². The van der Waals surface area contributed by atoms with E-state index in [4.69, 9.17) is 11.6 Å². The van der Waals surface area contributed by atoms with E-state index < -0.39 is 56.9 Å². The number of carbonyl (C=O) groups excluding carboxylic acids is 2. The first kappa shape index (κ1) is 36.5. The van der Waals surface area contributed by atoms with Crippen molar-refractivity contribution in [3.8, 4) is 0 Å². The van der Waals surface area contributed by atoms with E-state index in [9.17, 15) is 31.2 Å². The summed E-state index contributed by atoms with van der Waals surface area (Å²) in [6.07, 6.45) is -4.80. The molecule has 0 spiro atoms. The number of anilines is 1. The number of alkyl halides is 3. The Morgan fingerprint density at radius 1 is 0.833 bits per heavy atom. The smallest absolute Gasteiger partial charge is 0.352 e. The molecule has 0 aliphatic rings. The standard InChI is InChI=1S/C36H37ClF3N3O4S/c1-24(2)41-35(45)33(20-27-10-6-5-7-11-27)42(22-28-12-8-9-26(4)19-28)34(44)23-43(48(46,47)30-16-13-25(3)14-17-30)29-15-18-32(37)31(21-29)36(38,39)40/h5-19,21,24,33H,20,22-23H2,1-4H3,(H,41,45). The number of aryl methyl sites for hydroxylation is 2. The average molecular weight is 700 g/mol. The molecule has 0 bridgehead atoms. The topological polar surface area (TPSA) is 86.8 Å². The lowest BCUT2D eigenvalue weighted by Crippen LogP contribution is -2.54. The Balaban J connectivity index is 1.87. The van der Waals surface area contributed by atoms with Crippen LogP contribution in [0.1, 0.15) is 41.7 Å². The fourth-order valence-electron chi connectivity index (χ4n) is 5.19. The average Bonchev–Trinajstić information content (AvgIpc) is 3.01. The normalized spacial score (nSPS) is 12.4. The SMILES string of the molecule is Cc1ccc(S(=O)(=O)N(CC(=O)N(Cc2cccc(C)c2)C(Cc2ccccc2)C(=O)NC(C)C)c2ccc(Cl)c(C(F)(F)F)c2)cc1. The first-order valence-corrected chi connectivity index (χ1v) is 17.0. The second-order valence-electron chi connectivity index (χ2n) is 11.9. The quantitative estimate of drug-likeness (QED) is 0.168.